The van der Waals surface area contributed by atoms with Crippen LogP contribution in [0.2, 0.25) is 0 Å². The summed E-state index contributed by atoms with van der Waals surface area (Å²) in [5.41, 5.74) is 2.96. The molecule has 0 bridgehead atoms. The van der Waals surface area contributed by atoms with Crippen molar-refractivity contribution in [2.45, 2.75) is 75.4 Å². The molecule has 3 rings (SSSR count). The maximum atomic E-state index is 13.0. The molecule has 0 aliphatic heterocycles. The van der Waals surface area contributed by atoms with Crippen LogP contribution >= 0.6 is 0 Å². The lowest BCUT2D eigenvalue weighted by molar-refractivity contribution is -0.166. The number of ether oxygens (including phenoxy) is 2. The van der Waals surface area contributed by atoms with Crippen LogP contribution < -0.4 is 10.2 Å². The Morgan fingerprint density at radius 3 is 2.50 bits per heavy atom. The minimum atomic E-state index is -3.85. The van der Waals surface area contributed by atoms with Gasteiger partial charge in [0.15, 0.2) is 5.03 Å². The van der Waals surface area contributed by atoms with Gasteiger partial charge in [-0.1, -0.05) is 19.0 Å². The smallest absolute Gasteiger partial charge is 0.236 e. The molecule has 2 aromatic rings. The lowest BCUT2D eigenvalue weighted by Gasteiger charge is -2.29. The van der Waals surface area contributed by atoms with Crippen LogP contribution in [0.15, 0.2) is 52.5 Å². The maximum absolute atomic E-state index is 13.0. The highest BCUT2D eigenvalue weighted by atomic mass is 32.2. The number of aromatic nitrogens is 1. The average molecular weight is 520 g/mol. The van der Waals surface area contributed by atoms with Crippen LogP contribution in [0.5, 0.6) is 5.75 Å². The number of hydrogen-bond acceptors (Lipinski definition) is 8. The van der Waals surface area contributed by atoms with Gasteiger partial charge in [-0.05, 0) is 86.4 Å². The lowest BCUT2D eigenvalue weighted by Crippen LogP contribution is -2.40. The normalized spacial score (nSPS) is 18.4. The topological polar surface area (TPSA) is 118 Å². The van der Waals surface area contributed by atoms with Gasteiger partial charge in [0.2, 0.25) is 15.7 Å². The minimum absolute atomic E-state index is 0.0875. The van der Waals surface area contributed by atoms with Gasteiger partial charge < -0.3 is 9.47 Å². The summed E-state index contributed by atoms with van der Waals surface area (Å²) in [6, 6.07) is 9.10. The number of carbonyl (C=O) groups excluding carboxylic acids is 1. The lowest BCUT2D eigenvalue weighted by atomic mass is 9.85. The molecule has 198 valence electrons. The fourth-order valence-corrected chi connectivity index (χ4v) is 5.44. The summed E-state index contributed by atoms with van der Waals surface area (Å²) in [6.45, 7) is 7.26. The van der Waals surface area contributed by atoms with Crippen molar-refractivity contribution in [3.05, 3.63) is 48.2 Å². The van der Waals surface area contributed by atoms with Gasteiger partial charge in [-0.2, -0.15) is 0 Å². The van der Waals surface area contributed by atoms with Gasteiger partial charge in [0, 0.05) is 19.2 Å². The van der Waals surface area contributed by atoms with Gasteiger partial charge in [0.05, 0.1) is 24.2 Å². The molecule has 2 N–H and O–H groups in total. The van der Waals surface area contributed by atoms with Crippen molar-refractivity contribution < 1.29 is 27.9 Å². The Hall–Kier alpha value is -2.53. The Labute approximate surface area is 213 Å². The van der Waals surface area contributed by atoms with Crippen LogP contribution in [0.1, 0.15) is 58.4 Å². The summed E-state index contributed by atoms with van der Waals surface area (Å²) in [7, 11) is -3.85. The highest BCUT2D eigenvalue weighted by molar-refractivity contribution is 7.91. The number of benzene rings is 1. The van der Waals surface area contributed by atoms with Crippen LogP contribution in [0.25, 0.3) is 0 Å². The summed E-state index contributed by atoms with van der Waals surface area (Å²) in [5.74, 6) is 1.06. The van der Waals surface area contributed by atoms with Crippen LogP contribution in [-0.4, -0.2) is 49.0 Å². The molecule has 1 aromatic heterocycles. The molecule has 0 unspecified atom stereocenters. The van der Waals surface area contributed by atoms with Gasteiger partial charge in [0.1, 0.15) is 5.75 Å². The fraction of sp³-hybridized carbons (Fsp3) is 0.538. The quantitative estimate of drug-likeness (QED) is 0.402. The first kappa shape index (κ1) is 28.0. The molecule has 1 fully saturated rings. The third-order valence-electron chi connectivity index (χ3n) is 6.04. The third-order valence-corrected chi connectivity index (χ3v) is 7.71. The molecule has 0 radical (unpaired) electrons. The van der Waals surface area contributed by atoms with Crippen molar-refractivity contribution in [2.75, 3.05) is 13.2 Å². The standard InChI is InChI=1S/C26H37N3O6S/c1-4-34-22-9-11-24(12-10-22)36(32,33)26-16-21(13-14-27-26)17-29(31)28-25(30)15-20-5-7-23(8-6-20)35-18-19(2)3/h9-14,16,19-20,23,31H,4-8,15,17-18H2,1-3H3,(H,28,30). The molecule has 0 atom stereocenters. The third kappa shape index (κ3) is 8.26. The fourth-order valence-electron chi connectivity index (χ4n) is 4.19. The van der Waals surface area contributed by atoms with Gasteiger partial charge >= 0.3 is 0 Å². The van der Waals surface area contributed by atoms with Crippen molar-refractivity contribution in [1.82, 2.24) is 15.6 Å². The minimum Gasteiger partial charge on any atom is -0.494 e. The van der Waals surface area contributed by atoms with Crippen LogP contribution in [0, 0.1) is 11.8 Å². The van der Waals surface area contributed by atoms with Gasteiger partial charge in [-0.15, -0.1) is 0 Å². The Morgan fingerprint density at radius 1 is 1.17 bits per heavy atom. The highest BCUT2D eigenvalue weighted by Gasteiger charge is 2.25. The second-order valence-corrected chi connectivity index (χ2v) is 11.5. The molecule has 1 aliphatic carbocycles. The number of nitrogens with zero attached hydrogens (tertiary/aromatic N) is 2. The molecule has 0 saturated heterocycles. The monoisotopic (exact) mass is 519 g/mol. The van der Waals surface area contributed by atoms with E-state index < -0.39 is 9.84 Å². The van der Waals surface area contributed by atoms with Crippen LogP contribution in [0.4, 0.5) is 0 Å². The van der Waals surface area contributed by atoms with E-state index in [-0.39, 0.29) is 34.4 Å². The van der Waals surface area contributed by atoms with E-state index in [1.807, 2.05) is 6.92 Å². The zero-order valence-electron chi connectivity index (χ0n) is 21.2. The molecule has 1 heterocycles. The number of pyridine rings is 1. The molecule has 10 heteroatoms. The molecular weight excluding hydrogens is 482 g/mol. The number of amides is 1. The molecule has 0 spiro atoms. The van der Waals surface area contributed by atoms with Crippen molar-refractivity contribution in [3.8, 4) is 5.75 Å². The highest BCUT2D eigenvalue weighted by Crippen LogP contribution is 2.29. The molecular formula is C26H37N3O6S. The van der Waals surface area contributed by atoms with Crippen LogP contribution in [0.3, 0.4) is 0 Å². The first-order chi connectivity index (χ1) is 17.2. The second-order valence-electron chi connectivity index (χ2n) is 9.58. The molecule has 1 aliphatic rings. The van der Waals surface area contributed by atoms with Crippen LogP contribution in [-0.2, 0) is 25.9 Å². The van der Waals surface area contributed by atoms with E-state index in [0.29, 0.717) is 35.4 Å². The predicted octanol–water partition coefficient (Wildman–Crippen LogP) is 4.16. The van der Waals surface area contributed by atoms with E-state index in [4.69, 9.17) is 9.47 Å². The molecule has 1 saturated carbocycles. The zero-order chi connectivity index (χ0) is 26.1. The molecule has 1 aromatic carbocycles. The average Bonchev–Trinajstić information content (AvgIpc) is 2.84. The number of sulfone groups is 1. The van der Waals surface area contributed by atoms with E-state index in [2.05, 4.69) is 24.3 Å². The molecule has 36 heavy (non-hydrogen) atoms. The van der Waals surface area contributed by atoms with E-state index in [1.165, 1.54) is 24.4 Å². The zero-order valence-corrected chi connectivity index (χ0v) is 22.0. The summed E-state index contributed by atoms with van der Waals surface area (Å²) >= 11 is 0. The van der Waals surface area contributed by atoms with Gasteiger partial charge in [0.25, 0.3) is 0 Å². The number of rotatable bonds is 12. The predicted molar refractivity (Wildman–Crippen MR) is 134 cm³/mol. The summed E-state index contributed by atoms with van der Waals surface area (Å²) in [4.78, 5) is 16.5. The first-order valence-electron chi connectivity index (χ1n) is 12.5. The van der Waals surface area contributed by atoms with E-state index >= 15 is 0 Å². The van der Waals surface area contributed by atoms with E-state index in [9.17, 15) is 18.4 Å². The maximum Gasteiger partial charge on any atom is 0.236 e. The Bertz CT molecular complexity index is 1080. The Morgan fingerprint density at radius 2 is 1.86 bits per heavy atom. The number of carbonyl (C=O) groups is 1. The Balaban J connectivity index is 1.51. The van der Waals surface area contributed by atoms with Gasteiger partial charge in [-0.25, -0.2) is 13.4 Å². The van der Waals surface area contributed by atoms with E-state index in [0.717, 1.165) is 32.3 Å². The largest absolute Gasteiger partial charge is 0.494 e. The van der Waals surface area contributed by atoms with Crippen molar-refractivity contribution in [3.63, 3.8) is 0 Å². The summed E-state index contributed by atoms with van der Waals surface area (Å²) in [6.07, 6.45) is 5.67. The van der Waals surface area contributed by atoms with Gasteiger partial charge in [-0.3, -0.25) is 15.4 Å². The first-order valence-corrected chi connectivity index (χ1v) is 14.0. The SMILES string of the molecule is CCOc1ccc(S(=O)(=O)c2cc(CN(O)NC(=O)CC3CCC(OCC(C)C)CC3)ccn2)cc1. The van der Waals surface area contributed by atoms with Crippen molar-refractivity contribution in [1.29, 1.82) is 0 Å². The number of hydrazine groups is 1. The summed E-state index contributed by atoms with van der Waals surface area (Å²) < 4.78 is 37.2. The number of hydroxylamine groups is 1. The second kappa shape index (κ2) is 13.1. The van der Waals surface area contributed by atoms with Crippen molar-refractivity contribution in [2.24, 2.45) is 11.8 Å². The molecule has 1 amide bonds. The Kier molecular flexibility index (Phi) is 10.2. The van der Waals surface area contributed by atoms with E-state index in [1.54, 1.807) is 18.2 Å². The summed E-state index contributed by atoms with van der Waals surface area (Å²) in [5, 5.41) is 10.8. The molecule has 9 nitrogen and oxygen atoms in total. The van der Waals surface area contributed by atoms with Crippen molar-refractivity contribution >= 4 is 15.7 Å². The number of nitrogens with one attached hydrogen (secondary N) is 1. The number of hydrogen-bond donors (Lipinski definition) is 2.